The molecule has 25 heavy (non-hydrogen) atoms. The number of fused-ring (bicyclic) bond motifs is 1. The molecule has 2 rings (SSSR count). The zero-order valence-corrected chi connectivity index (χ0v) is 14.7. The van der Waals surface area contributed by atoms with Gasteiger partial charge in [-0.1, -0.05) is 13.3 Å². The van der Waals surface area contributed by atoms with Gasteiger partial charge in [0.15, 0.2) is 11.5 Å². The van der Waals surface area contributed by atoms with E-state index in [4.69, 9.17) is 10.5 Å². The zero-order chi connectivity index (χ0) is 18.4. The highest BCUT2D eigenvalue weighted by atomic mass is 16.5. The average Bonchev–Trinajstić information content (AvgIpc) is 2.89. The topological polar surface area (TPSA) is 128 Å². The van der Waals surface area contributed by atoms with Crippen LogP contribution in [-0.2, 0) is 16.1 Å². The molecule has 3 N–H and O–H groups in total. The Morgan fingerprint density at radius 3 is 2.84 bits per heavy atom. The maximum Gasteiger partial charge on any atom is 0.327 e. The molecule has 2 aromatic heterocycles. The van der Waals surface area contributed by atoms with Gasteiger partial charge >= 0.3 is 17.7 Å². The van der Waals surface area contributed by atoms with Crippen molar-refractivity contribution in [2.24, 2.45) is 0 Å². The Bertz CT molecular complexity index is 784. The molecule has 0 aromatic carbocycles. The number of esters is 1. The van der Waals surface area contributed by atoms with Gasteiger partial charge in [0.05, 0.1) is 20.3 Å². The van der Waals surface area contributed by atoms with Crippen molar-refractivity contribution >= 4 is 23.0 Å². The van der Waals surface area contributed by atoms with E-state index in [0.717, 1.165) is 12.8 Å². The van der Waals surface area contributed by atoms with Crippen molar-refractivity contribution in [3.8, 4) is 6.01 Å². The van der Waals surface area contributed by atoms with Gasteiger partial charge in [0.25, 0.3) is 0 Å². The summed E-state index contributed by atoms with van der Waals surface area (Å²) in [5.41, 5.74) is 6.32. The van der Waals surface area contributed by atoms with E-state index in [-0.39, 0.29) is 30.0 Å². The van der Waals surface area contributed by atoms with Crippen molar-refractivity contribution in [3.63, 3.8) is 0 Å². The summed E-state index contributed by atoms with van der Waals surface area (Å²) in [7, 11) is 3.10. The lowest BCUT2D eigenvalue weighted by atomic mass is 10.4. The van der Waals surface area contributed by atoms with Crippen LogP contribution in [0.15, 0.2) is 4.79 Å². The van der Waals surface area contributed by atoms with Crippen molar-refractivity contribution in [2.45, 2.75) is 26.3 Å². The van der Waals surface area contributed by atoms with Crippen molar-refractivity contribution < 1.29 is 14.3 Å². The second kappa shape index (κ2) is 8.47. The standard InChI is InChI=1S/C15H24N6O4/c1-4-5-8-25-14-18-12(16)11-13(19-14)21(15(23)17-11)7-6-20(2)9-10(22)24-3/h4-9H2,1-3H3,(H,17,23)(H2,16,18,19). The second-order valence-electron chi connectivity index (χ2n) is 5.69. The Hall–Kier alpha value is -2.62. The molecule has 0 fully saturated rings. The predicted molar refractivity (Wildman–Crippen MR) is 92.5 cm³/mol. The highest BCUT2D eigenvalue weighted by Crippen LogP contribution is 2.17. The number of ether oxygens (including phenoxy) is 2. The Labute approximate surface area is 144 Å². The van der Waals surface area contributed by atoms with Crippen molar-refractivity contribution in [1.29, 1.82) is 0 Å². The summed E-state index contributed by atoms with van der Waals surface area (Å²) in [6.07, 6.45) is 1.86. The number of aromatic amines is 1. The van der Waals surface area contributed by atoms with Crippen LogP contribution in [0.2, 0.25) is 0 Å². The highest BCUT2D eigenvalue weighted by molar-refractivity contribution is 5.81. The van der Waals surface area contributed by atoms with Gasteiger partial charge in [-0.2, -0.15) is 9.97 Å². The Balaban J connectivity index is 2.19. The number of anilines is 1. The fraction of sp³-hybridized carbons (Fsp3) is 0.600. The van der Waals surface area contributed by atoms with E-state index < -0.39 is 0 Å². The number of hydrogen-bond acceptors (Lipinski definition) is 8. The number of H-pyrrole nitrogens is 1. The van der Waals surface area contributed by atoms with Crippen LogP contribution in [-0.4, -0.2) is 64.2 Å². The third-order valence-electron chi connectivity index (χ3n) is 3.69. The summed E-state index contributed by atoms with van der Waals surface area (Å²) in [5, 5.41) is 0. The van der Waals surface area contributed by atoms with Crippen molar-refractivity contribution in [3.05, 3.63) is 10.5 Å². The third kappa shape index (κ3) is 4.69. The molecule has 0 saturated heterocycles. The van der Waals surface area contributed by atoms with Gasteiger partial charge < -0.3 is 20.2 Å². The van der Waals surface area contributed by atoms with Crippen molar-refractivity contribution in [2.75, 3.05) is 39.6 Å². The zero-order valence-electron chi connectivity index (χ0n) is 14.7. The predicted octanol–water partition coefficient (Wildman–Crippen LogP) is -0.0145. The number of nitrogen functional groups attached to an aromatic ring is 1. The minimum Gasteiger partial charge on any atom is -0.468 e. The molecule has 10 heteroatoms. The molecule has 0 aliphatic carbocycles. The Morgan fingerprint density at radius 2 is 2.16 bits per heavy atom. The summed E-state index contributed by atoms with van der Waals surface area (Å²) in [5.74, 6) is -0.179. The number of carbonyl (C=O) groups excluding carboxylic acids is 1. The fourth-order valence-corrected chi connectivity index (χ4v) is 2.25. The lowest BCUT2D eigenvalue weighted by Crippen LogP contribution is -2.31. The van der Waals surface area contributed by atoms with Crippen LogP contribution in [0.1, 0.15) is 19.8 Å². The molecule has 0 spiro atoms. The van der Waals surface area contributed by atoms with E-state index in [1.807, 2.05) is 0 Å². The van der Waals surface area contributed by atoms with Gasteiger partial charge in [0, 0.05) is 13.1 Å². The number of rotatable bonds is 9. The monoisotopic (exact) mass is 352 g/mol. The first-order valence-corrected chi connectivity index (χ1v) is 8.10. The molecule has 0 amide bonds. The molecule has 2 heterocycles. The van der Waals surface area contributed by atoms with E-state index in [1.165, 1.54) is 11.7 Å². The molecular weight excluding hydrogens is 328 g/mol. The maximum absolute atomic E-state index is 12.2. The number of carbonyl (C=O) groups is 1. The van der Waals surface area contributed by atoms with E-state index in [1.54, 1.807) is 11.9 Å². The van der Waals surface area contributed by atoms with Gasteiger partial charge in [-0.05, 0) is 13.5 Å². The molecule has 0 aliphatic rings. The number of likely N-dealkylation sites (N-methyl/N-ethyl adjacent to an activating group) is 1. The third-order valence-corrected chi connectivity index (χ3v) is 3.69. The fourth-order valence-electron chi connectivity index (χ4n) is 2.25. The first kappa shape index (κ1) is 18.7. The summed E-state index contributed by atoms with van der Waals surface area (Å²) in [4.78, 5) is 36.2. The maximum atomic E-state index is 12.2. The van der Waals surface area contributed by atoms with Crippen LogP contribution in [0.25, 0.3) is 11.2 Å². The smallest absolute Gasteiger partial charge is 0.327 e. The molecule has 0 aliphatic heterocycles. The molecule has 0 unspecified atom stereocenters. The molecule has 0 radical (unpaired) electrons. The van der Waals surface area contributed by atoms with E-state index in [9.17, 15) is 9.59 Å². The van der Waals surface area contributed by atoms with E-state index >= 15 is 0 Å². The second-order valence-corrected chi connectivity index (χ2v) is 5.69. The number of hydrogen-bond donors (Lipinski definition) is 2. The lowest BCUT2D eigenvalue weighted by Gasteiger charge is -2.15. The van der Waals surface area contributed by atoms with Crippen LogP contribution < -0.4 is 16.2 Å². The summed E-state index contributed by atoms with van der Waals surface area (Å²) < 4.78 is 11.6. The van der Waals surface area contributed by atoms with E-state index in [2.05, 4.69) is 26.6 Å². The lowest BCUT2D eigenvalue weighted by molar-refractivity contribution is -0.141. The van der Waals surface area contributed by atoms with Crippen LogP contribution >= 0.6 is 0 Å². The highest BCUT2D eigenvalue weighted by Gasteiger charge is 2.15. The Morgan fingerprint density at radius 1 is 1.40 bits per heavy atom. The number of nitrogens with one attached hydrogen (secondary N) is 1. The van der Waals surface area contributed by atoms with Gasteiger partial charge in [-0.15, -0.1) is 0 Å². The largest absolute Gasteiger partial charge is 0.468 e. The number of nitrogens with zero attached hydrogens (tertiary/aromatic N) is 4. The number of imidazole rings is 1. The molecule has 0 atom stereocenters. The molecule has 0 bridgehead atoms. The number of unbranched alkanes of at least 4 members (excludes halogenated alkanes) is 1. The normalized spacial score (nSPS) is 11.2. The summed E-state index contributed by atoms with van der Waals surface area (Å²) in [6.45, 7) is 3.46. The van der Waals surface area contributed by atoms with Gasteiger partial charge in [-0.25, -0.2) is 4.79 Å². The Kier molecular flexibility index (Phi) is 6.34. The minimum absolute atomic E-state index is 0.135. The van der Waals surface area contributed by atoms with Gasteiger partial charge in [-0.3, -0.25) is 14.3 Å². The number of methoxy groups -OCH3 is 1. The molecule has 10 nitrogen and oxygen atoms in total. The van der Waals surface area contributed by atoms with Crippen molar-refractivity contribution in [1.82, 2.24) is 24.4 Å². The van der Waals surface area contributed by atoms with Gasteiger partial charge in [0.1, 0.15) is 5.52 Å². The van der Waals surface area contributed by atoms with Gasteiger partial charge in [0.2, 0.25) is 0 Å². The molecular formula is C15H24N6O4. The van der Waals surface area contributed by atoms with E-state index in [0.29, 0.717) is 30.9 Å². The first-order chi connectivity index (χ1) is 12.0. The minimum atomic E-state index is -0.341. The number of aromatic nitrogens is 4. The van der Waals surface area contributed by atoms with Crippen LogP contribution in [0.5, 0.6) is 6.01 Å². The van der Waals surface area contributed by atoms with Crippen LogP contribution in [0.3, 0.4) is 0 Å². The molecule has 138 valence electrons. The van der Waals surface area contributed by atoms with Crippen LogP contribution in [0.4, 0.5) is 5.82 Å². The molecule has 2 aromatic rings. The number of nitrogens with two attached hydrogens (primary N) is 1. The average molecular weight is 352 g/mol. The summed E-state index contributed by atoms with van der Waals surface area (Å²) in [6, 6.07) is 0.147. The quantitative estimate of drug-likeness (QED) is 0.476. The first-order valence-electron chi connectivity index (χ1n) is 8.10. The summed E-state index contributed by atoms with van der Waals surface area (Å²) >= 11 is 0. The molecule has 0 saturated carbocycles. The van der Waals surface area contributed by atoms with Crippen LogP contribution in [0, 0.1) is 0 Å². The SMILES string of the molecule is CCCCOc1nc(N)c2[nH]c(=O)n(CCN(C)CC(=O)OC)c2n1.